The van der Waals surface area contributed by atoms with Crippen LogP contribution in [0.3, 0.4) is 0 Å². The van der Waals surface area contributed by atoms with Crippen LogP contribution in [-0.2, 0) is 6.18 Å². The van der Waals surface area contributed by atoms with Crippen molar-refractivity contribution in [1.82, 2.24) is 0 Å². The van der Waals surface area contributed by atoms with Gasteiger partial charge >= 0.3 is 6.18 Å². The number of rotatable bonds is 4. The maximum atomic E-state index is 13.2. The molecule has 114 valence electrons. The Morgan fingerprint density at radius 1 is 1.05 bits per heavy atom. The minimum atomic E-state index is -4.28. The average Bonchev–Trinajstić information content (AvgIpc) is 2.33. The molecule has 0 aliphatic carbocycles. The maximum absolute atomic E-state index is 13.2. The van der Waals surface area contributed by atoms with E-state index in [-0.39, 0.29) is 17.3 Å². The quantitative estimate of drug-likeness (QED) is 0.611. The summed E-state index contributed by atoms with van der Waals surface area (Å²) >= 11 is 0. The first kappa shape index (κ1) is 17.1. The zero-order chi connectivity index (χ0) is 15.6. The van der Waals surface area contributed by atoms with Gasteiger partial charge < -0.3 is 0 Å². The van der Waals surface area contributed by atoms with Crippen LogP contribution in [0.2, 0.25) is 0 Å². The third-order valence-corrected chi connectivity index (χ3v) is 3.83. The van der Waals surface area contributed by atoms with Crippen LogP contribution in [-0.4, -0.2) is 0 Å². The number of alkyl halides is 3. The molecule has 2 unspecified atom stereocenters. The molecule has 0 spiro atoms. The Balaban J connectivity index is 3.28. The lowest BCUT2D eigenvalue weighted by molar-refractivity contribution is -0.138. The van der Waals surface area contributed by atoms with Crippen LogP contribution in [0.1, 0.15) is 64.5 Å². The molecule has 0 bridgehead atoms. The Labute approximate surface area is 120 Å². The van der Waals surface area contributed by atoms with Gasteiger partial charge in [-0.25, -0.2) is 0 Å². The molecule has 1 aromatic rings. The molecule has 0 aliphatic heterocycles. The summed E-state index contributed by atoms with van der Waals surface area (Å²) in [6, 6.07) is 6.03. The third-order valence-electron chi connectivity index (χ3n) is 3.83. The number of hydrogen-bond donors (Lipinski definition) is 0. The molecule has 1 rings (SSSR count). The second-order valence-corrected chi connectivity index (χ2v) is 6.84. The van der Waals surface area contributed by atoms with Gasteiger partial charge in [0.2, 0.25) is 0 Å². The van der Waals surface area contributed by atoms with E-state index in [0.29, 0.717) is 5.56 Å². The first-order valence-electron chi connectivity index (χ1n) is 7.22. The van der Waals surface area contributed by atoms with Gasteiger partial charge in [-0.2, -0.15) is 13.2 Å². The molecule has 0 amide bonds. The summed E-state index contributed by atoms with van der Waals surface area (Å²) in [5.41, 5.74) is -0.0221. The SMILES string of the molecule is CCC(C)C(CC(C)(C)C)c1ccccc1C(F)(F)F. The second-order valence-electron chi connectivity index (χ2n) is 6.84. The van der Waals surface area contributed by atoms with Crippen molar-refractivity contribution in [2.45, 2.75) is 59.6 Å². The van der Waals surface area contributed by atoms with Crippen molar-refractivity contribution in [3.8, 4) is 0 Å². The summed E-state index contributed by atoms with van der Waals surface area (Å²) in [6.07, 6.45) is -2.64. The van der Waals surface area contributed by atoms with Crippen LogP contribution in [0.4, 0.5) is 13.2 Å². The van der Waals surface area contributed by atoms with E-state index in [4.69, 9.17) is 0 Å². The van der Waals surface area contributed by atoms with Crippen molar-refractivity contribution >= 4 is 0 Å². The minimum Gasteiger partial charge on any atom is -0.166 e. The van der Waals surface area contributed by atoms with Crippen LogP contribution in [0.15, 0.2) is 24.3 Å². The lowest BCUT2D eigenvalue weighted by Gasteiger charge is -2.32. The molecule has 0 saturated heterocycles. The Kier molecular flexibility index (Phi) is 5.28. The van der Waals surface area contributed by atoms with E-state index >= 15 is 0 Å². The molecule has 20 heavy (non-hydrogen) atoms. The molecule has 2 atom stereocenters. The first-order chi connectivity index (χ1) is 9.06. The minimum absolute atomic E-state index is 0.00675. The van der Waals surface area contributed by atoms with E-state index in [2.05, 4.69) is 20.8 Å². The normalized spacial score (nSPS) is 16.0. The fourth-order valence-electron chi connectivity index (χ4n) is 2.64. The molecular weight excluding hydrogens is 261 g/mol. The van der Waals surface area contributed by atoms with Gasteiger partial charge in [0.1, 0.15) is 0 Å². The molecule has 0 aromatic heterocycles. The number of benzene rings is 1. The fourth-order valence-corrected chi connectivity index (χ4v) is 2.64. The zero-order valence-corrected chi connectivity index (χ0v) is 13.0. The van der Waals surface area contributed by atoms with Crippen molar-refractivity contribution in [3.05, 3.63) is 35.4 Å². The Morgan fingerprint density at radius 3 is 2.05 bits per heavy atom. The molecule has 0 saturated carbocycles. The summed E-state index contributed by atoms with van der Waals surface area (Å²) in [5.74, 6) is 0.176. The van der Waals surface area contributed by atoms with Crippen molar-refractivity contribution in [1.29, 1.82) is 0 Å². The summed E-state index contributed by atoms with van der Waals surface area (Å²) in [4.78, 5) is 0. The Hall–Kier alpha value is -0.990. The molecule has 0 N–H and O–H groups in total. The molecule has 0 radical (unpaired) electrons. The average molecular weight is 286 g/mol. The molecule has 0 aliphatic rings. The van der Waals surface area contributed by atoms with Crippen LogP contribution in [0.5, 0.6) is 0 Å². The molecule has 1 aromatic carbocycles. The third kappa shape index (κ3) is 4.53. The van der Waals surface area contributed by atoms with Gasteiger partial charge in [-0.05, 0) is 35.3 Å². The summed E-state index contributed by atoms with van der Waals surface area (Å²) in [7, 11) is 0. The van der Waals surface area contributed by atoms with Gasteiger partial charge in [-0.3, -0.25) is 0 Å². The smallest absolute Gasteiger partial charge is 0.166 e. The van der Waals surface area contributed by atoms with Gasteiger partial charge in [0.05, 0.1) is 5.56 Å². The van der Waals surface area contributed by atoms with E-state index < -0.39 is 11.7 Å². The van der Waals surface area contributed by atoms with Gasteiger partial charge in [-0.15, -0.1) is 0 Å². The van der Waals surface area contributed by atoms with Gasteiger partial charge in [0.15, 0.2) is 0 Å². The van der Waals surface area contributed by atoms with Crippen molar-refractivity contribution < 1.29 is 13.2 Å². The molecule has 0 nitrogen and oxygen atoms in total. The fraction of sp³-hybridized carbons (Fsp3) is 0.647. The Bertz CT molecular complexity index is 427. The highest BCUT2D eigenvalue weighted by Crippen LogP contribution is 2.43. The van der Waals surface area contributed by atoms with Crippen molar-refractivity contribution in [2.75, 3.05) is 0 Å². The van der Waals surface area contributed by atoms with Gasteiger partial charge in [0, 0.05) is 0 Å². The monoisotopic (exact) mass is 286 g/mol. The van der Waals surface area contributed by atoms with Gasteiger partial charge in [0.25, 0.3) is 0 Å². The highest BCUT2D eigenvalue weighted by molar-refractivity contribution is 5.33. The Morgan fingerprint density at radius 2 is 1.60 bits per heavy atom. The molecule has 0 heterocycles. The maximum Gasteiger partial charge on any atom is 0.416 e. The standard InChI is InChI=1S/C17H25F3/c1-6-12(2)14(11-16(3,4)5)13-9-7-8-10-15(13)17(18,19)20/h7-10,12,14H,6,11H2,1-5H3. The summed E-state index contributed by atoms with van der Waals surface area (Å²) < 4.78 is 39.6. The van der Waals surface area contributed by atoms with Gasteiger partial charge in [-0.1, -0.05) is 59.2 Å². The molecule has 0 fully saturated rings. The van der Waals surface area contributed by atoms with E-state index in [0.717, 1.165) is 12.8 Å². The largest absolute Gasteiger partial charge is 0.416 e. The van der Waals surface area contributed by atoms with E-state index in [1.807, 2.05) is 13.8 Å². The lowest BCUT2D eigenvalue weighted by Crippen LogP contribution is -2.21. The van der Waals surface area contributed by atoms with E-state index in [1.165, 1.54) is 12.1 Å². The van der Waals surface area contributed by atoms with Crippen LogP contribution in [0, 0.1) is 11.3 Å². The zero-order valence-electron chi connectivity index (χ0n) is 13.0. The topological polar surface area (TPSA) is 0 Å². The predicted octanol–water partition coefficient (Wildman–Crippen LogP) is 6.27. The van der Waals surface area contributed by atoms with E-state index in [1.54, 1.807) is 12.1 Å². The summed E-state index contributed by atoms with van der Waals surface area (Å²) in [5, 5.41) is 0. The molecule has 3 heteroatoms. The molecular formula is C17H25F3. The number of halogens is 3. The van der Waals surface area contributed by atoms with Crippen LogP contribution >= 0.6 is 0 Å². The second kappa shape index (κ2) is 6.19. The highest BCUT2D eigenvalue weighted by atomic mass is 19.4. The highest BCUT2D eigenvalue weighted by Gasteiger charge is 2.36. The van der Waals surface area contributed by atoms with Crippen LogP contribution in [0.25, 0.3) is 0 Å². The van der Waals surface area contributed by atoms with E-state index in [9.17, 15) is 13.2 Å². The summed E-state index contributed by atoms with van der Waals surface area (Å²) in [6.45, 7) is 10.3. The van der Waals surface area contributed by atoms with Crippen molar-refractivity contribution in [3.63, 3.8) is 0 Å². The predicted molar refractivity (Wildman–Crippen MR) is 77.7 cm³/mol. The lowest BCUT2D eigenvalue weighted by atomic mass is 9.74. The van der Waals surface area contributed by atoms with Crippen molar-refractivity contribution in [2.24, 2.45) is 11.3 Å². The first-order valence-corrected chi connectivity index (χ1v) is 7.22. The van der Waals surface area contributed by atoms with Crippen LogP contribution < -0.4 is 0 Å². The number of hydrogen-bond acceptors (Lipinski definition) is 0.